The van der Waals surface area contributed by atoms with Crippen molar-refractivity contribution >= 4 is 23.4 Å². The van der Waals surface area contributed by atoms with Crippen LogP contribution in [-0.4, -0.2) is 25.7 Å². The molecule has 1 N–H and O–H groups in total. The number of nitrogens with one attached hydrogen (secondary N) is 1. The van der Waals surface area contributed by atoms with E-state index in [0.29, 0.717) is 11.6 Å². The summed E-state index contributed by atoms with van der Waals surface area (Å²) in [6.07, 6.45) is 13.1. The van der Waals surface area contributed by atoms with Crippen molar-refractivity contribution in [3.8, 4) is 11.3 Å². The normalized spacial score (nSPS) is 10.9. The Labute approximate surface area is 215 Å². The fraction of sp³-hybridized carbons (Fsp3) is 0.259. The third-order valence-electron chi connectivity index (χ3n) is 4.73. The zero-order chi connectivity index (χ0) is 24.4. The molecule has 0 aliphatic heterocycles. The average molecular weight is 450 g/mol. The van der Waals surface area contributed by atoms with Gasteiger partial charge in [0.1, 0.15) is 11.6 Å². The van der Waals surface area contributed by atoms with E-state index in [0.717, 1.165) is 46.5 Å². The molecule has 0 saturated carbocycles. The molecule has 0 radical (unpaired) electrons. The van der Waals surface area contributed by atoms with Gasteiger partial charge >= 0.3 is 18.9 Å². The van der Waals surface area contributed by atoms with E-state index < -0.39 is 0 Å². The largest absolute Gasteiger partial charge is 1.00 e. The van der Waals surface area contributed by atoms with Gasteiger partial charge in [-0.05, 0) is 49.3 Å². The molecule has 0 aliphatic rings. The molecule has 3 heterocycles. The Morgan fingerprint density at radius 3 is 2.47 bits per heavy atom. The van der Waals surface area contributed by atoms with Crippen molar-refractivity contribution in [1.82, 2.24) is 19.9 Å². The Morgan fingerprint density at radius 1 is 1.18 bits per heavy atom. The van der Waals surface area contributed by atoms with Gasteiger partial charge in [-0.25, -0.2) is 9.97 Å². The van der Waals surface area contributed by atoms with Crippen LogP contribution < -0.4 is 24.2 Å². The van der Waals surface area contributed by atoms with Gasteiger partial charge in [-0.2, -0.15) is 13.3 Å². The summed E-state index contributed by atoms with van der Waals surface area (Å²) in [4.78, 5) is 27.5. The van der Waals surface area contributed by atoms with E-state index in [4.69, 9.17) is 9.97 Å². The molecule has 3 rings (SSSR count). The summed E-state index contributed by atoms with van der Waals surface area (Å²) >= 11 is 0. The molecular formula is C27H32LiN5O-2. The molecule has 0 spiro atoms. The predicted octanol–water partition coefficient (Wildman–Crippen LogP) is 3.27. The quantitative estimate of drug-likeness (QED) is 0.420. The number of carbonyl (C=O) groups is 1. The predicted molar refractivity (Wildman–Crippen MR) is 136 cm³/mol. The second-order valence-corrected chi connectivity index (χ2v) is 7.88. The maximum atomic E-state index is 9.33. The van der Waals surface area contributed by atoms with Crippen LogP contribution in [0, 0.1) is 34.1 Å². The van der Waals surface area contributed by atoms with Gasteiger partial charge in [0.15, 0.2) is 0 Å². The SMILES string of the molecule is C=Cc1c(C)cncc1-c1cc(Nc2cncc(C)c2)nc([C@@H]([CH2-])CC[CH-]C)n1.[CH2-]C(C)=O.[Li+]. The van der Waals surface area contributed by atoms with Gasteiger partial charge in [-0.15, -0.1) is 5.92 Å². The zero-order valence-corrected chi connectivity index (χ0v) is 20.9. The molecular weight excluding hydrogens is 417 g/mol. The van der Waals surface area contributed by atoms with E-state index in [1.54, 1.807) is 6.20 Å². The fourth-order valence-electron chi connectivity index (χ4n) is 3.17. The number of aryl methyl sites for hydroxylation is 2. The van der Waals surface area contributed by atoms with Gasteiger partial charge in [0.2, 0.25) is 0 Å². The number of Topliss-reactive ketones (excluding diaryl/α,β-unsaturated/α-hetero) is 1. The summed E-state index contributed by atoms with van der Waals surface area (Å²) in [6, 6.07) is 3.97. The molecule has 0 fully saturated rings. The molecule has 3 aromatic heterocycles. The van der Waals surface area contributed by atoms with E-state index in [-0.39, 0.29) is 30.6 Å². The molecule has 0 amide bonds. The van der Waals surface area contributed by atoms with Gasteiger partial charge in [-0.3, -0.25) is 9.97 Å². The summed E-state index contributed by atoms with van der Waals surface area (Å²) in [6.45, 7) is 18.7. The number of anilines is 2. The summed E-state index contributed by atoms with van der Waals surface area (Å²) in [7, 11) is 0. The van der Waals surface area contributed by atoms with E-state index >= 15 is 0 Å². The topological polar surface area (TPSA) is 80.7 Å². The third-order valence-corrected chi connectivity index (χ3v) is 4.73. The molecule has 6 nitrogen and oxygen atoms in total. The van der Waals surface area contributed by atoms with Gasteiger partial charge in [0.25, 0.3) is 0 Å². The smallest absolute Gasteiger partial charge is 0.340 e. The molecule has 0 aromatic carbocycles. The maximum Gasteiger partial charge on any atom is 1.00 e. The Kier molecular flexibility index (Phi) is 12.3. The summed E-state index contributed by atoms with van der Waals surface area (Å²) in [5.74, 6) is 1.33. The monoisotopic (exact) mass is 449 g/mol. The van der Waals surface area contributed by atoms with Crippen molar-refractivity contribution in [3.63, 3.8) is 0 Å². The van der Waals surface area contributed by atoms with E-state index in [2.05, 4.69) is 49.1 Å². The van der Waals surface area contributed by atoms with Crippen molar-refractivity contribution in [3.05, 3.63) is 86.3 Å². The molecule has 0 unspecified atom stereocenters. The summed E-state index contributed by atoms with van der Waals surface area (Å²) in [5, 5.41) is 3.36. The van der Waals surface area contributed by atoms with Crippen molar-refractivity contribution in [2.24, 2.45) is 0 Å². The van der Waals surface area contributed by atoms with Crippen molar-refractivity contribution in [2.45, 2.75) is 46.5 Å². The molecule has 0 aliphatic carbocycles. The second-order valence-electron chi connectivity index (χ2n) is 7.88. The average Bonchev–Trinajstić information content (AvgIpc) is 2.76. The Hall–Kier alpha value is -2.94. The number of nitrogens with zero attached hydrogens (tertiary/aromatic N) is 4. The minimum absolute atomic E-state index is 0. The summed E-state index contributed by atoms with van der Waals surface area (Å²) < 4.78 is 0. The maximum absolute atomic E-state index is 9.33. The first kappa shape index (κ1) is 29.1. The van der Waals surface area contributed by atoms with E-state index in [1.807, 2.05) is 50.6 Å². The van der Waals surface area contributed by atoms with Crippen LogP contribution in [0.4, 0.5) is 11.5 Å². The van der Waals surface area contributed by atoms with Crippen LogP contribution in [0.2, 0.25) is 0 Å². The van der Waals surface area contributed by atoms with Crippen molar-refractivity contribution < 1.29 is 23.7 Å². The Balaban J connectivity index is 0.00000107. The standard InChI is InChI=1S/C24H27N5.C3H5O.Li/c1-6-8-9-17(4)24-28-22(21-15-26-13-18(5)20(21)7-2)11-23(29-24)27-19-10-16(3)12-25-14-19;1-3(2)4;/h6-7,10-15,17H,2,4,8-9H2,1,3,5H3,(H,27,28,29);1H2,2H3;/q-2;-1;+1/t17-;;/m0../s1. The van der Waals surface area contributed by atoms with E-state index in [9.17, 15) is 4.79 Å². The second kappa shape index (κ2) is 14.3. The van der Waals surface area contributed by atoms with Crippen LogP contribution in [0.3, 0.4) is 0 Å². The number of hydrogen-bond donors (Lipinski definition) is 1. The minimum atomic E-state index is -0.0833. The minimum Gasteiger partial charge on any atom is -0.340 e. The molecule has 3 aromatic rings. The number of ketones is 1. The molecule has 174 valence electrons. The number of carbonyl (C=O) groups excluding carboxylic acids is 1. The van der Waals surface area contributed by atoms with Crippen molar-refractivity contribution in [1.29, 1.82) is 0 Å². The number of rotatable bonds is 8. The van der Waals surface area contributed by atoms with Crippen LogP contribution >= 0.6 is 0 Å². The van der Waals surface area contributed by atoms with Gasteiger partial charge < -0.3 is 30.4 Å². The Bertz CT molecular complexity index is 1100. The van der Waals surface area contributed by atoms with Crippen LogP contribution in [0.15, 0.2) is 43.5 Å². The first-order chi connectivity index (χ1) is 15.7. The Morgan fingerprint density at radius 2 is 1.85 bits per heavy atom. The van der Waals surface area contributed by atoms with Crippen LogP contribution in [0.1, 0.15) is 55.1 Å². The first-order valence-electron chi connectivity index (χ1n) is 10.8. The number of aromatic nitrogens is 4. The number of unbranched alkanes of at least 4 members (excludes halogenated alkanes) is 1. The first-order valence-corrected chi connectivity index (χ1v) is 10.8. The molecule has 1 atom stereocenters. The van der Waals surface area contributed by atoms with E-state index in [1.165, 1.54) is 6.92 Å². The van der Waals surface area contributed by atoms with Gasteiger partial charge in [0.05, 0.1) is 17.6 Å². The molecule has 0 bridgehead atoms. The molecule has 7 heteroatoms. The summed E-state index contributed by atoms with van der Waals surface area (Å²) in [5.41, 5.74) is 5.78. The fourth-order valence-corrected chi connectivity index (χ4v) is 3.17. The van der Waals surface area contributed by atoms with Crippen LogP contribution in [0.5, 0.6) is 0 Å². The van der Waals surface area contributed by atoms with Crippen LogP contribution in [0.25, 0.3) is 17.3 Å². The molecule has 34 heavy (non-hydrogen) atoms. The zero-order valence-electron chi connectivity index (χ0n) is 20.9. The molecule has 0 saturated heterocycles. The van der Waals surface area contributed by atoms with Crippen molar-refractivity contribution in [2.75, 3.05) is 5.32 Å². The number of hydrogen-bond acceptors (Lipinski definition) is 6. The number of pyridine rings is 2. The van der Waals surface area contributed by atoms with Crippen LogP contribution in [-0.2, 0) is 4.79 Å². The third kappa shape index (κ3) is 8.77. The van der Waals surface area contributed by atoms with Gasteiger partial charge in [0, 0.05) is 30.2 Å². The van der Waals surface area contributed by atoms with Gasteiger partial charge in [-0.1, -0.05) is 19.1 Å².